The highest BCUT2D eigenvalue weighted by atomic mass is 16.5. The molecule has 3 heterocycles. The first-order chi connectivity index (χ1) is 10.7. The van der Waals surface area contributed by atoms with Gasteiger partial charge in [0.15, 0.2) is 0 Å². The van der Waals surface area contributed by atoms with Crippen LogP contribution < -0.4 is 0 Å². The molecule has 0 saturated carbocycles. The molecule has 1 unspecified atom stereocenters. The molecule has 0 bridgehead atoms. The number of nitrogens with one attached hydrogen (secondary N) is 1. The van der Waals surface area contributed by atoms with Gasteiger partial charge in [0.1, 0.15) is 0 Å². The van der Waals surface area contributed by atoms with Gasteiger partial charge in [-0.1, -0.05) is 6.07 Å². The maximum atomic E-state index is 12.6. The van der Waals surface area contributed by atoms with Gasteiger partial charge in [0.05, 0.1) is 25.0 Å². The molecule has 1 saturated heterocycles. The third-order valence-corrected chi connectivity index (χ3v) is 3.91. The van der Waals surface area contributed by atoms with E-state index in [9.17, 15) is 4.79 Å². The van der Waals surface area contributed by atoms with E-state index < -0.39 is 0 Å². The van der Waals surface area contributed by atoms with Gasteiger partial charge in [-0.15, -0.1) is 0 Å². The summed E-state index contributed by atoms with van der Waals surface area (Å²) in [7, 11) is 0. The van der Waals surface area contributed by atoms with E-state index in [0.29, 0.717) is 31.9 Å². The summed E-state index contributed by atoms with van der Waals surface area (Å²) in [4.78, 5) is 18.9. The number of carbonyl (C=O) groups is 1. The fourth-order valence-corrected chi connectivity index (χ4v) is 2.74. The number of nitrogens with zero attached hydrogens (tertiary/aromatic N) is 3. The Balaban J connectivity index is 1.70. The number of amides is 1. The van der Waals surface area contributed by atoms with E-state index in [1.54, 1.807) is 12.4 Å². The Labute approximate surface area is 129 Å². The SMILES string of the molecule is Cc1[nH]ncc1C(=O)N1CCOCC(Cc2ccccn2)C1. The number of aryl methyl sites for hydroxylation is 1. The number of ether oxygens (including phenoxy) is 1. The Morgan fingerprint density at radius 3 is 3.14 bits per heavy atom. The summed E-state index contributed by atoms with van der Waals surface area (Å²) in [6.45, 7) is 4.38. The molecule has 0 aliphatic carbocycles. The lowest BCUT2D eigenvalue weighted by Crippen LogP contribution is -2.36. The molecule has 1 amide bonds. The zero-order valence-corrected chi connectivity index (χ0v) is 12.7. The van der Waals surface area contributed by atoms with Gasteiger partial charge < -0.3 is 9.64 Å². The van der Waals surface area contributed by atoms with Crippen molar-refractivity contribution in [2.24, 2.45) is 5.92 Å². The predicted octanol–water partition coefficient (Wildman–Crippen LogP) is 1.44. The Bertz CT molecular complexity index is 626. The smallest absolute Gasteiger partial charge is 0.257 e. The average Bonchev–Trinajstić information content (AvgIpc) is 2.82. The summed E-state index contributed by atoms with van der Waals surface area (Å²) in [5.41, 5.74) is 2.47. The summed E-state index contributed by atoms with van der Waals surface area (Å²) in [6.07, 6.45) is 4.21. The highest BCUT2D eigenvalue weighted by molar-refractivity contribution is 5.95. The maximum absolute atomic E-state index is 12.6. The van der Waals surface area contributed by atoms with Crippen LogP contribution in [0.3, 0.4) is 0 Å². The lowest BCUT2D eigenvalue weighted by molar-refractivity contribution is 0.0736. The number of pyridine rings is 1. The van der Waals surface area contributed by atoms with Crippen molar-refractivity contribution in [2.45, 2.75) is 13.3 Å². The molecule has 6 nitrogen and oxygen atoms in total. The first-order valence-electron chi connectivity index (χ1n) is 7.51. The summed E-state index contributed by atoms with van der Waals surface area (Å²) >= 11 is 0. The van der Waals surface area contributed by atoms with Crippen LogP contribution in [0, 0.1) is 12.8 Å². The van der Waals surface area contributed by atoms with Crippen LogP contribution in [0.2, 0.25) is 0 Å². The van der Waals surface area contributed by atoms with Crippen molar-refractivity contribution < 1.29 is 9.53 Å². The number of hydrogen-bond acceptors (Lipinski definition) is 4. The Kier molecular flexibility index (Phi) is 4.48. The molecule has 1 fully saturated rings. The van der Waals surface area contributed by atoms with Crippen LogP contribution in [0.4, 0.5) is 0 Å². The molecule has 1 aliphatic rings. The number of H-pyrrole nitrogens is 1. The van der Waals surface area contributed by atoms with Crippen molar-refractivity contribution in [3.8, 4) is 0 Å². The summed E-state index contributed by atoms with van der Waals surface area (Å²) < 4.78 is 5.66. The second-order valence-corrected chi connectivity index (χ2v) is 5.63. The Morgan fingerprint density at radius 2 is 2.41 bits per heavy atom. The second-order valence-electron chi connectivity index (χ2n) is 5.63. The summed E-state index contributed by atoms with van der Waals surface area (Å²) in [5, 5.41) is 6.75. The van der Waals surface area contributed by atoms with Crippen molar-refractivity contribution in [3.63, 3.8) is 0 Å². The molecular formula is C16H20N4O2. The van der Waals surface area contributed by atoms with E-state index >= 15 is 0 Å². The van der Waals surface area contributed by atoms with Gasteiger partial charge in [0.25, 0.3) is 5.91 Å². The molecule has 116 valence electrons. The molecule has 2 aromatic rings. The fourth-order valence-electron chi connectivity index (χ4n) is 2.74. The molecule has 3 rings (SSSR count). The van der Waals surface area contributed by atoms with E-state index in [-0.39, 0.29) is 11.8 Å². The van der Waals surface area contributed by atoms with Crippen LogP contribution in [0.15, 0.2) is 30.6 Å². The van der Waals surface area contributed by atoms with Gasteiger partial charge in [-0.25, -0.2) is 0 Å². The van der Waals surface area contributed by atoms with Gasteiger partial charge in [-0.05, 0) is 25.5 Å². The Morgan fingerprint density at radius 1 is 1.50 bits per heavy atom. The van der Waals surface area contributed by atoms with Crippen LogP contribution >= 0.6 is 0 Å². The Hall–Kier alpha value is -2.21. The topological polar surface area (TPSA) is 71.1 Å². The molecule has 6 heteroatoms. The van der Waals surface area contributed by atoms with E-state index in [4.69, 9.17) is 4.74 Å². The number of carbonyl (C=O) groups excluding carboxylic acids is 1. The number of hydrogen-bond donors (Lipinski definition) is 1. The molecule has 1 N–H and O–H groups in total. The lowest BCUT2D eigenvalue weighted by atomic mass is 10.0. The standard InChI is InChI=1S/C16H20N4O2/c1-12-15(9-18-19-12)16(21)20-6-7-22-11-13(10-20)8-14-4-2-3-5-17-14/h2-5,9,13H,6-8,10-11H2,1H3,(H,18,19). The lowest BCUT2D eigenvalue weighted by Gasteiger charge is -2.23. The van der Waals surface area contributed by atoms with Crippen molar-refractivity contribution in [1.29, 1.82) is 0 Å². The second kappa shape index (κ2) is 6.70. The van der Waals surface area contributed by atoms with Gasteiger partial charge in [-0.2, -0.15) is 5.10 Å². The van der Waals surface area contributed by atoms with Crippen molar-refractivity contribution in [3.05, 3.63) is 47.5 Å². The van der Waals surface area contributed by atoms with Crippen LogP contribution in [-0.2, 0) is 11.2 Å². The maximum Gasteiger partial charge on any atom is 0.257 e. The van der Waals surface area contributed by atoms with Crippen LogP contribution in [0.25, 0.3) is 0 Å². The first-order valence-corrected chi connectivity index (χ1v) is 7.51. The van der Waals surface area contributed by atoms with Gasteiger partial charge in [0.2, 0.25) is 0 Å². The zero-order chi connectivity index (χ0) is 15.4. The van der Waals surface area contributed by atoms with Crippen molar-refractivity contribution in [2.75, 3.05) is 26.3 Å². The van der Waals surface area contributed by atoms with Crippen molar-refractivity contribution in [1.82, 2.24) is 20.1 Å². The van der Waals surface area contributed by atoms with E-state index in [1.807, 2.05) is 30.0 Å². The van der Waals surface area contributed by atoms with Crippen LogP contribution in [0.1, 0.15) is 21.7 Å². The molecule has 22 heavy (non-hydrogen) atoms. The molecule has 0 aromatic carbocycles. The van der Waals surface area contributed by atoms with Crippen molar-refractivity contribution >= 4 is 5.91 Å². The van der Waals surface area contributed by atoms with Gasteiger partial charge >= 0.3 is 0 Å². The molecule has 1 aliphatic heterocycles. The largest absolute Gasteiger partial charge is 0.379 e. The van der Waals surface area contributed by atoms with Crippen LogP contribution in [0.5, 0.6) is 0 Å². The minimum absolute atomic E-state index is 0.0165. The minimum atomic E-state index is 0.0165. The predicted molar refractivity (Wildman–Crippen MR) is 81.5 cm³/mol. The normalized spacial score (nSPS) is 19.0. The summed E-state index contributed by atoms with van der Waals surface area (Å²) in [6, 6.07) is 5.90. The highest BCUT2D eigenvalue weighted by Gasteiger charge is 2.25. The number of aromatic amines is 1. The molecule has 2 aromatic heterocycles. The number of rotatable bonds is 3. The first kappa shape index (κ1) is 14.7. The molecule has 0 radical (unpaired) electrons. The van der Waals surface area contributed by atoms with Gasteiger partial charge in [0, 0.05) is 36.6 Å². The highest BCUT2D eigenvalue weighted by Crippen LogP contribution is 2.15. The van der Waals surface area contributed by atoms with E-state index in [1.165, 1.54) is 0 Å². The molecule has 0 spiro atoms. The average molecular weight is 300 g/mol. The summed E-state index contributed by atoms with van der Waals surface area (Å²) in [5.74, 6) is 0.274. The zero-order valence-electron chi connectivity index (χ0n) is 12.7. The van der Waals surface area contributed by atoms with Crippen LogP contribution in [-0.4, -0.2) is 52.3 Å². The fraction of sp³-hybridized carbons (Fsp3) is 0.438. The van der Waals surface area contributed by atoms with Gasteiger partial charge in [-0.3, -0.25) is 14.9 Å². The molecule has 1 atom stereocenters. The third kappa shape index (κ3) is 3.33. The number of aromatic nitrogens is 3. The minimum Gasteiger partial charge on any atom is -0.379 e. The monoisotopic (exact) mass is 300 g/mol. The van der Waals surface area contributed by atoms with E-state index in [0.717, 1.165) is 17.8 Å². The van der Waals surface area contributed by atoms with E-state index in [2.05, 4.69) is 15.2 Å². The quantitative estimate of drug-likeness (QED) is 0.931. The molecular weight excluding hydrogens is 280 g/mol. The third-order valence-electron chi connectivity index (χ3n) is 3.91.